The van der Waals surface area contributed by atoms with Gasteiger partial charge in [0, 0.05) is 10.9 Å². The zero-order valence-corrected chi connectivity index (χ0v) is 14.7. The second-order valence-electron chi connectivity index (χ2n) is 5.31. The molecule has 0 aliphatic carbocycles. The van der Waals surface area contributed by atoms with Crippen LogP contribution in [0.4, 0.5) is 5.13 Å². The Morgan fingerprint density at radius 3 is 2.62 bits per heavy atom. The van der Waals surface area contributed by atoms with Gasteiger partial charge in [0.2, 0.25) is 0 Å². The van der Waals surface area contributed by atoms with Crippen molar-refractivity contribution in [2.45, 2.75) is 6.92 Å². The summed E-state index contributed by atoms with van der Waals surface area (Å²) < 4.78 is 4.63. The summed E-state index contributed by atoms with van der Waals surface area (Å²) >= 11 is 1.16. The molecule has 0 bridgehead atoms. The van der Waals surface area contributed by atoms with E-state index in [0.717, 1.165) is 22.5 Å². The number of carbonyl (C=O) groups excluding carboxylic acids is 2. The maximum Gasteiger partial charge on any atom is 0.397 e. The minimum atomic E-state index is -0.959. The quantitative estimate of drug-likeness (QED) is 0.542. The van der Waals surface area contributed by atoms with Crippen molar-refractivity contribution in [3.8, 4) is 28.1 Å². The fraction of sp³-hybridized carbons (Fsp3) is 0.105. The van der Waals surface area contributed by atoms with Crippen molar-refractivity contribution in [1.82, 2.24) is 4.98 Å². The highest BCUT2D eigenvalue weighted by Crippen LogP contribution is 2.34. The van der Waals surface area contributed by atoms with E-state index in [9.17, 15) is 14.7 Å². The molecule has 0 spiro atoms. The number of nitrogens with zero attached hydrogens (tertiary/aromatic N) is 1. The molecule has 0 atom stereocenters. The lowest BCUT2D eigenvalue weighted by Crippen LogP contribution is -2.24. The van der Waals surface area contributed by atoms with Gasteiger partial charge in [0.1, 0.15) is 5.75 Å². The Hall–Kier alpha value is -3.19. The van der Waals surface area contributed by atoms with Gasteiger partial charge < -0.3 is 9.84 Å². The first-order valence-corrected chi connectivity index (χ1v) is 8.79. The van der Waals surface area contributed by atoms with Crippen molar-refractivity contribution in [3.05, 3.63) is 53.9 Å². The number of thiazole rings is 1. The van der Waals surface area contributed by atoms with Crippen molar-refractivity contribution < 1.29 is 19.4 Å². The van der Waals surface area contributed by atoms with Crippen LogP contribution in [0.2, 0.25) is 0 Å². The summed E-state index contributed by atoms with van der Waals surface area (Å²) in [6.45, 7) is 1.74. The fourth-order valence-corrected chi connectivity index (χ4v) is 3.06. The Kier molecular flexibility index (Phi) is 5.28. The van der Waals surface area contributed by atoms with Gasteiger partial charge in [-0.3, -0.25) is 10.1 Å². The van der Waals surface area contributed by atoms with Crippen molar-refractivity contribution in [1.29, 1.82) is 0 Å². The van der Waals surface area contributed by atoms with Gasteiger partial charge in [-0.1, -0.05) is 36.4 Å². The van der Waals surface area contributed by atoms with Gasteiger partial charge in [-0.15, -0.1) is 11.3 Å². The highest BCUT2D eigenvalue weighted by atomic mass is 32.1. The van der Waals surface area contributed by atoms with E-state index in [1.807, 2.05) is 36.4 Å². The van der Waals surface area contributed by atoms with Crippen molar-refractivity contribution in [2.75, 3.05) is 11.9 Å². The van der Waals surface area contributed by atoms with Crippen LogP contribution in [0.5, 0.6) is 5.75 Å². The van der Waals surface area contributed by atoms with Gasteiger partial charge >= 0.3 is 11.9 Å². The number of anilines is 1. The van der Waals surface area contributed by atoms with E-state index in [1.165, 1.54) is 0 Å². The molecule has 2 aromatic carbocycles. The third-order valence-corrected chi connectivity index (χ3v) is 4.32. The molecule has 1 aromatic heterocycles. The van der Waals surface area contributed by atoms with Crippen molar-refractivity contribution in [3.63, 3.8) is 0 Å². The lowest BCUT2D eigenvalue weighted by Gasteiger charge is -2.06. The number of phenols is 1. The third kappa shape index (κ3) is 3.89. The number of ether oxygens (including phenoxy) is 1. The average Bonchev–Trinajstić information content (AvgIpc) is 3.10. The van der Waals surface area contributed by atoms with E-state index in [0.29, 0.717) is 11.3 Å². The molecule has 0 aliphatic rings. The van der Waals surface area contributed by atoms with Crippen LogP contribution in [0.25, 0.3) is 22.4 Å². The summed E-state index contributed by atoms with van der Waals surface area (Å²) in [6.07, 6.45) is 0. The number of hydrogen-bond donors (Lipinski definition) is 2. The number of rotatable bonds is 4. The first-order chi connectivity index (χ1) is 12.6. The first-order valence-electron chi connectivity index (χ1n) is 7.91. The number of esters is 1. The third-order valence-electron chi connectivity index (χ3n) is 3.57. The number of amides is 1. The molecule has 132 valence electrons. The molecular weight excluding hydrogens is 352 g/mol. The lowest BCUT2D eigenvalue weighted by atomic mass is 10.0. The molecule has 6 nitrogen and oxygen atoms in total. The van der Waals surface area contributed by atoms with Crippen LogP contribution in [0, 0.1) is 0 Å². The molecule has 0 fully saturated rings. The second kappa shape index (κ2) is 7.79. The first kappa shape index (κ1) is 17.6. The predicted octanol–water partition coefficient (Wildman–Crippen LogP) is 3.68. The Morgan fingerprint density at radius 2 is 1.92 bits per heavy atom. The molecule has 3 rings (SSSR count). The molecule has 0 saturated heterocycles. The Bertz CT molecular complexity index is 938. The monoisotopic (exact) mass is 368 g/mol. The van der Waals surface area contributed by atoms with E-state index < -0.39 is 11.9 Å². The fourth-order valence-electron chi connectivity index (χ4n) is 2.36. The zero-order valence-electron chi connectivity index (χ0n) is 13.9. The number of benzene rings is 2. The summed E-state index contributed by atoms with van der Waals surface area (Å²) in [6, 6.07) is 15.0. The molecule has 7 heteroatoms. The van der Waals surface area contributed by atoms with Gasteiger partial charge in [0.05, 0.1) is 12.3 Å². The summed E-state index contributed by atoms with van der Waals surface area (Å²) in [4.78, 5) is 27.2. The molecule has 0 unspecified atom stereocenters. The molecular formula is C19H16N2O4S. The number of phenolic OH excluding ortho intramolecular Hbond substituents is 1. The molecule has 3 aromatic rings. The summed E-state index contributed by atoms with van der Waals surface area (Å²) in [5.41, 5.74) is 2.93. The van der Waals surface area contributed by atoms with Crippen LogP contribution >= 0.6 is 11.3 Å². The van der Waals surface area contributed by atoms with Crippen LogP contribution < -0.4 is 5.32 Å². The van der Waals surface area contributed by atoms with E-state index in [-0.39, 0.29) is 17.5 Å². The van der Waals surface area contributed by atoms with Crippen LogP contribution in [0.15, 0.2) is 53.9 Å². The standard InChI is InChI=1S/C19H16N2O4S/c1-2-25-18(24)17(23)21-19-20-15(11-26-19)14-9-8-13(10-16(14)22)12-6-4-3-5-7-12/h3-11,22H,2H2,1H3,(H,20,21,23). The SMILES string of the molecule is CCOC(=O)C(=O)Nc1nc(-c2ccc(-c3ccccc3)cc2O)cs1. The smallest absolute Gasteiger partial charge is 0.397 e. The Labute approximate surface area is 154 Å². The molecule has 1 amide bonds. The highest BCUT2D eigenvalue weighted by molar-refractivity contribution is 7.14. The predicted molar refractivity (Wildman–Crippen MR) is 99.9 cm³/mol. The highest BCUT2D eigenvalue weighted by Gasteiger charge is 2.17. The van der Waals surface area contributed by atoms with E-state index >= 15 is 0 Å². The maximum absolute atomic E-state index is 11.6. The maximum atomic E-state index is 11.6. The summed E-state index contributed by atoms with van der Waals surface area (Å²) in [5.74, 6) is -1.75. The van der Waals surface area contributed by atoms with Gasteiger partial charge in [-0.05, 0) is 30.2 Å². The minimum Gasteiger partial charge on any atom is -0.507 e. The molecule has 0 radical (unpaired) electrons. The van der Waals surface area contributed by atoms with E-state index in [1.54, 1.807) is 24.4 Å². The molecule has 0 aliphatic heterocycles. The number of carbonyl (C=O) groups is 2. The van der Waals surface area contributed by atoms with Crippen LogP contribution in [-0.2, 0) is 14.3 Å². The summed E-state index contributed by atoms with van der Waals surface area (Å²) in [7, 11) is 0. The van der Waals surface area contributed by atoms with Crippen LogP contribution in [0.3, 0.4) is 0 Å². The molecule has 2 N–H and O–H groups in total. The topological polar surface area (TPSA) is 88.5 Å². The largest absolute Gasteiger partial charge is 0.507 e. The Morgan fingerprint density at radius 1 is 1.15 bits per heavy atom. The lowest BCUT2D eigenvalue weighted by molar-refractivity contribution is -0.152. The molecule has 0 saturated carbocycles. The molecule has 26 heavy (non-hydrogen) atoms. The second-order valence-corrected chi connectivity index (χ2v) is 6.17. The zero-order chi connectivity index (χ0) is 18.5. The number of aromatic hydroxyl groups is 1. The van der Waals surface area contributed by atoms with E-state index in [2.05, 4.69) is 15.0 Å². The summed E-state index contributed by atoms with van der Waals surface area (Å²) in [5, 5.41) is 14.7. The van der Waals surface area contributed by atoms with Gasteiger partial charge in [0.25, 0.3) is 0 Å². The van der Waals surface area contributed by atoms with Crippen LogP contribution in [-0.4, -0.2) is 28.6 Å². The van der Waals surface area contributed by atoms with Crippen LogP contribution in [0.1, 0.15) is 6.92 Å². The molecule has 1 heterocycles. The van der Waals surface area contributed by atoms with Gasteiger partial charge in [-0.25, -0.2) is 9.78 Å². The van der Waals surface area contributed by atoms with Crippen molar-refractivity contribution >= 4 is 28.3 Å². The number of hydrogen-bond acceptors (Lipinski definition) is 6. The minimum absolute atomic E-state index is 0.0833. The van der Waals surface area contributed by atoms with E-state index in [4.69, 9.17) is 0 Å². The van der Waals surface area contributed by atoms with Gasteiger partial charge in [-0.2, -0.15) is 0 Å². The normalized spacial score (nSPS) is 10.3. The van der Waals surface area contributed by atoms with Gasteiger partial charge in [0.15, 0.2) is 5.13 Å². The average molecular weight is 368 g/mol. The van der Waals surface area contributed by atoms with Crippen molar-refractivity contribution in [2.24, 2.45) is 0 Å². The Balaban J connectivity index is 1.79. The number of aromatic nitrogens is 1. The number of nitrogens with one attached hydrogen (secondary N) is 1.